The highest BCUT2D eigenvalue weighted by molar-refractivity contribution is 7.86. The molecule has 0 bridgehead atoms. The van der Waals surface area contributed by atoms with Crippen LogP contribution in [0, 0.1) is 11.3 Å². The van der Waals surface area contributed by atoms with Crippen LogP contribution in [-0.4, -0.2) is 25.2 Å². The predicted molar refractivity (Wildman–Crippen MR) is 58.8 cm³/mol. The summed E-state index contributed by atoms with van der Waals surface area (Å²) in [6, 6.07) is 1.84. The smallest absolute Gasteiger partial charge is 0.268 e. The summed E-state index contributed by atoms with van der Waals surface area (Å²) in [7, 11) is -3.69. The fourth-order valence-corrected chi connectivity index (χ4v) is 1.25. The SMILES string of the molecule is CS(=O)(=O)ON=C1C(=S)C=CC=C1C#N. The first-order valence-corrected chi connectivity index (χ1v) is 5.96. The van der Waals surface area contributed by atoms with Crippen LogP contribution >= 0.6 is 12.2 Å². The van der Waals surface area contributed by atoms with Crippen molar-refractivity contribution in [1.29, 1.82) is 5.26 Å². The Bertz CT molecular complexity index is 521. The number of thiocarbonyl (C=S) groups is 1. The molecule has 0 aromatic rings. The molecule has 5 nitrogen and oxygen atoms in total. The molecule has 0 heterocycles. The average Bonchev–Trinajstić information content (AvgIpc) is 2.14. The summed E-state index contributed by atoms with van der Waals surface area (Å²) < 4.78 is 25.6. The summed E-state index contributed by atoms with van der Waals surface area (Å²) in [5, 5.41) is 12.0. The fourth-order valence-electron chi connectivity index (χ4n) is 0.812. The van der Waals surface area contributed by atoms with Crippen molar-refractivity contribution in [2.24, 2.45) is 5.16 Å². The molecule has 15 heavy (non-hydrogen) atoms. The molecule has 1 aliphatic rings. The van der Waals surface area contributed by atoms with E-state index in [0.29, 0.717) is 0 Å². The highest BCUT2D eigenvalue weighted by Gasteiger charge is 2.15. The zero-order valence-corrected chi connectivity index (χ0v) is 9.30. The molecule has 1 aliphatic carbocycles. The third-order valence-corrected chi connectivity index (χ3v) is 2.06. The second kappa shape index (κ2) is 4.33. The quantitative estimate of drug-likeness (QED) is 0.526. The Kier molecular flexibility index (Phi) is 3.34. The molecule has 0 radical (unpaired) electrons. The van der Waals surface area contributed by atoms with Crippen molar-refractivity contribution in [2.45, 2.75) is 0 Å². The monoisotopic (exact) mass is 242 g/mol. The molecular weight excluding hydrogens is 236 g/mol. The van der Waals surface area contributed by atoms with Crippen molar-refractivity contribution in [2.75, 3.05) is 6.26 Å². The maximum absolute atomic E-state index is 10.7. The first kappa shape index (κ1) is 11.6. The van der Waals surface area contributed by atoms with Crippen LogP contribution in [0.4, 0.5) is 0 Å². The highest BCUT2D eigenvalue weighted by Crippen LogP contribution is 2.08. The summed E-state index contributed by atoms with van der Waals surface area (Å²) in [6.45, 7) is 0. The van der Waals surface area contributed by atoms with Crippen LogP contribution in [0.25, 0.3) is 0 Å². The van der Waals surface area contributed by atoms with Gasteiger partial charge in [-0.1, -0.05) is 23.4 Å². The van der Waals surface area contributed by atoms with E-state index in [1.54, 1.807) is 6.08 Å². The van der Waals surface area contributed by atoms with Gasteiger partial charge in [0.15, 0.2) is 0 Å². The summed E-state index contributed by atoms with van der Waals surface area (Å²) in [6.07, 6.45) is 5.44. The van der Waals surface area contributed by atoms with E-state index in [0.717, 1.165) is 6.26 Å². The van der Waals surface area contributed by atoms with Crippen molar-refractivity contribution in [1.82, 2.24) is 0 Å². The number of nitrogens with zero attached hydrogens (tertiary/aromatic N) is 2. The first-order chi connectivity index (χ1) is 6.94. The number of oxime groups is 1. The lowest BCUT2D eigenvalue weighted by Crippen LogP contribution is -2.15. The largest absolute Gasteiger partial charge is 0.325 e. The molecule has 0 unspecified atom stereocenters. The summed E-state index contributed by atoms with van der Waals surface area (Å²) >= 11 is 4.87. The Morgan fingerprint density at radius 2 is 2.27 bits per heavy atom. The van der Waals surface area contributed by atoms with Gasteiger partial charge >= 0.3 is 10.1 Å². The number of allylic oxidation sites excluding steroid dienone is 4. The Labute approximate surface area is 92.5 Å². The molecule has 0 saturated heterocycles. The second-order valence-electron chi connectivity index (χ2n) is 2.63. The van der Waals surface area contributed by atoms with Crippen molar-refractivity contribution in [3.05, 3.63) is 23.8 Å². The van der Waals surface area contributed by atoms with Crippen LogP contribution in [0.5, 0.6) is 0 Å². The molecule has 0 aliphatic heterocycles. The second-order valence-corrected chi connectivity index (χ2v) is 4.63. The van der Waals surface area contributed by atoms with E-state index in [2.05, 4.69) is 9.44 Å². The topological polar surface area (TPSA) is 79.5 Å². The van der Waals surface area contributed by atoms with Crippen molar-refractivity contribution in [3.8, 4) is 6.07 Å². The van der Waals surface area contributed by atoms with E-state index in [-0.39, 0.29) is 16.1 Å². The molecule has 0 atom stereocenters. The number of hydrogen-bond donors (Lipinski definition) is 0. The molecule has 7 heteroatoms. The van der Waals surface area contributed by atoms with Gasteiger partial charge < -0.3 is 0 Å². The van der Waals surface area contributed by atoms with E-state index in [9.17, 15) is 8.42 Å². The molecule has 78 valence electrons. The van der Waals surface area contributed by atoms with Crippen LogP contribution in [0.15, 0.2) is 29.0 Å². The van der Waals surface area contributed by atoms with Crippen molar-refractivity contribution in [3.63, 3.8) is 0 Å². The molecular formula is C8H6N2O3S2. The van der Waals surface area contributed by atoms with E-state index >= 15 is 0 Å². The lowest BCUT2D eigenvalue weighted by molar-refractivity contribution is 0.344. The third kappa shape index (κ3) is 3.27. The molecule has 0 aromatic heterocycles. The molecule has 0 N–H and O–H groups in total. The van der Waals surface area contributed by atoms with Crippen molar-refractivity contribution >= 4 is 32.9 Å². The van der Waals surface area contributed by atoms with Gasteiger partial charge in [-0.25, -0.2) is 0 Å². The Hall–Kier alpha value is -1.52. The van der Waals surface area contributed by atoms with Gasteiger partial charge in [0.2, 0.25) is 0 Å². The van der Waals surface area contributed by atoms with Crippen LogP contribution in [0.1, 0.15) is 0 Å². The van der Waals surface area contributed by atoms with Crippen LogP contribution < -0.4 is 0 Å². The van der Waals surface area contributed by atoms with Crippen LogP contribution in [-0.2, 0) is 14.4 Å². The first-order valence-electron chi connectivity index (χ1n) is 3.74. The van der Waals surface area contributed by atoms with E-state index in [4.69, 9.17) is 17.5 Å². The summed E-state index contributed by atoms with van der Waals surface area (Å²) in [5.74, 6) is 0. The number of nitriles is 1. The van der Waals surface area contributed by atoms with Crippen LogP contribution in [0.3, 0.4) is 0 Å². The van der Waals surface area contributed by atoms with Gasteiger partial charge in [-0.2, -0.15) is 13.7 Å². The van der Waals surface area contributed by atoms with Gasteiger partial charge in [-0.05, 0) is 12.2 Å². The number of rotatable bonds is 2. The standard InChI is InChI=1S/C8H6N2O3S2/c1-15(11,12)13-10-8-6(5-9)3-2-4-7(8)14/h2-4H,1H3. The molecule has 0 amide bonds. The summed E-state index contributed by atoms with van der Waals surface area (Å²) in [4.78, 5) is 0.262. The Morgan fingerprint density at radius 1 is 1.60 bits per heavy atom. The zero-order chi connectivity index (χ0) is 11.5. The molecule has 0 fully saturated rings. The van der Waals surface area contributed by atoms with Gasteiger partial charge in [0.25, 0.3) is 0 Å². The summed E-state index contributed by atoms with van der Waals surface area (Å²) in [5.41, 5.74) is 0.228. The molecule has 0 aromatic carbocycles. The lowest BCUT2D eigenvalue weighted by Gasteiger charge is -2.05. The minimum Gasteiger partial charge on any atom is -0.268 e. The van der Waals surface area contributed by atoms with Gasteiger partial charge in [0, 0.05) is 0 Å². The predicted octanol–water partition coefficient (Wildman–Crippen LogP) is 0.708. The zero-order valence-electron chi connectivity index (χ0n) is 7.67. The highest BCUT2D eigenvalue weighted by atomic mass is 32.2. The Morgan fingerprint density at radius 3 is 2.80 bits per heavy atom. The minimum atomic E-state index is -3.69. The normalized spacial score (nSPS) is 18.5. The average molecular weight is 242 g/mol. The Balaban J connectivity index is 3.04. The third-order valence-electron chi connectivity index (χ3n) is 1.38. The van der Waals surface area contributed by atoms with Gasteiger partial charge in [-0.3, -0.25) is 4.28 Å². The molecule has 0 saturated carbocycles. The maximum atomic E-state index is 10.7. The van der Waals surface area contributed by atoms with Gasteiger partial charge in [0.05, 0.1) is 16.7 Å². The van der Waals surface area contributed by atoms with Crippen molar-refractivity contribution < 1.29 is 12.7 Å². The fraction of sp³-hybridized carbons (Fsp3) is 0.125. The lowest BCUT2D eigenvalue weighted by atomic mass is 10.0. The van der Waals surface area contributed by atoms with E-state index in [1.165, 1.54) is 12.2 Å². The number of hydrogen-bond acceptors (Lipinski definition) is 6. The van der Waals surface area contributed by atoms with E-state index in [1.807, 2.05) is 6.07 Å². The maximum Gasteiger partial charge on any atom is 0.325 e. The molecule has 0 spiro atoms. The van der Waals surface area contributed by atoms with Crippen LogP contribution in [0.2, 0.25) is 0 Å². The molecule has 1 rings (SSSR count). The minimum absolute atomic E-state index is 0.0559. The van der Waals surface area contributed by atoms with Gasteiger partial charge in [-0.15, -0.1) is 0 Å². The van der Waals surface area contributed by atoms with E-state index < -0.39 is 10.1 Å². The van der Waals surface area contributed by atoms with Gasteiger partial charge in [0.1, 0.15) is 11.8 Å².